The lowest BCUT2D eigenvalue weighted by Crippen LogP contribution is -2.44. The van der Waals surface area contributed by atoms with Crippen LogP contribution < -0.4 is 0 Å². The summed E-state index contributed by atoms with van der Waals surface area (Å²) in [6.45, 7) is 5.61. The summed E-state index contributed by atoms with van der Waals surface area (Å²) in [6, 6.07) is 3.32. The first-order valence-corrected chi connectivity index (χ1v) is 9.32. The molecule has 0 bridgehead atoms. The fourth-order valence-electron chi connectivity index (χ4n) is 4.37. The van der Waals surface area contributed by atoms with Crippen LogP contribution in [0.5, 0.6) is 0 Å². The zero-order chi connectivity index (χ0) is 15.5. The summed E-state index contributed by atoms with van der Waals surface area (Å²) in [6.07, 6.45) is 9.75. The van der Waals surface area contributed by atoms with Crippen LogP contribution in [0.25, 0.3) is 0 Å². The van der Waals surface area contributed by atoms with E-state index in [9.17, 15) is 0 Å². The summed E-state index contributed by atoms with van der Waals surface area (Å²) in [5.41, 5.74) is 1.35. The van der Waals surface area contributed by atoms with Crippen LogP contribution in [0.15, 0.2) is 12.3 Å². The summed E-state index contributed by atoms with van der Waals surface area (Å²) < 4.78 is 13.7. The fraction of sp³-hybridized carbons (Fsp3) is 0.833. The third kappa shape index (κ3) is 3.62. The van der Waals surface area contributed by atoms with Gasteiger partial charge in [-0.25, -0.2) is 0 Å². The monoisotopic (exact) mass is 319 g/mol. The van der Waals surface area contributed by atoms with E-state index in [2.05, 4.69) is 20.7 Å². The second kappa shape index (κ2) is 7.32. The molecule has 5 nitrogen and oxygen atoms in total. The summed E-state index contributed by atoms with van der Waals surface area (Å²) in [5, 5.41) is 4.55. The second-order valence-corrected chi connectivity index (χ2v) is 7.38. The Bertz CT molecular complexity index is 492. The van der Waals surface area contributed by atoms with Gasteiger partial charge in [0.2, 0.25) is 0 Å². The Kier molecular flexibility index (Phi) is 4.97. The van der Waals surface area contributed by atoms with Crippen molar-refractivity contribution in [2.24, 2.45) is 5.92 Å². The first-order valence-electron chi connectivity index (χ1n) is 9.32. The highest BCUT2D eigenvalue weighted by Gasteiger charge is 2.31. The molecule has 0 aromatic carbocycles. The molecule has 4 rings (SSSR count). The first kappa shape index (κ1) is 15.6. The molecule has 128 valence electrons. The Labute approximate surface area is 138 Å². The highest BCUT2D eigenvalue weighted by Crippen LogP contribution is 2.30. The number of nitrogens with zero attached hydrogens (tertiary/aromatic N) is 3. The van der Waals surface area contributed by atoms with Gasteiger partial charge in [-0.15, -0.1) is 0 Å². The molecule has 2 fully saturated rings. The van der Waals surface area contributed by atoms with E-state index < -0.39 is 0 Å². The Morgan fingerprint density at radius 2 is 1.96 bits per heavy atom. The lowest BCUT2D eigenvalue weighted by Gasteiger charge is -2.37. The van der Waals surface area contributed by atoms with E-state index in [0.717, 1.165) is 58.4 Å². The van der Waals surface area contributed by atoms with Gasteiger partial charge in [-0.05, 0) is 37.7 Å². The van der Waals surface area contributed by atoms with E-state index in [-0.39, 0.29) is 0 Å². The number of fused-ring (bicyclic) bond motifs is 1. The molecule has 2 aliphatic heterocycles. The van der Waals surface area contributed by atoms with Crippen molar-refractivity contribution in [1.29, 1.82) is 0 Å². The molecule has 0 N–H and O–H groups in total. The lowest BCUT2D eigenvalue weighted by atomic mass is 10.0. The van der Waals surface area contributed by atoms with Gasteiger partial charge >= 0.3 is 0 Å². The maximum absolute atomic E-state index is 6.11. The van der Waals surface area contributed by atoms with Crippen molar-refractivity contribution in [3.8, 4) is 0 Å². The highest BCUT2D eigenvalue weighted by molar-refractivity contribution is 5.06. The van der Waals surface area contributed by atoms with Crippen LogP contribution in [-0.2, 0) is 16.0 Å². The van der Waals surface area contributed by atoms with Gasteiger partial charge in [-0.1, -0.05) is 12.8 Å². The van der Waals surface area contributed by atoms with Gasteiger partial charge in [0.1, 0.15) is 0 Å². The molecule has 1 unspecified atom stereocenters. The summed E-state index contributed by atoms with van der Waals surface area (Å²) in [7, 11) is 0. The van der Waals surface area contributed by atoms with Crippen LogP contribution in [0, 0.1) is 5.92 Å². The molecule has 1 aromatic heterocycles. The van der Waals surface area contributed by atoms with Crippen molar-refractivity contribution >= 4 is 0 Å². The Morgan fingerprint density at radius 3 is 2.78 bits per heavy atom. The molecule has 5 heteroatoms. The molecule has 3 heterocycles. The largest absolute Gasteiger partial charge is 0.381 e. The first-order chi connectivity index (χ1) is 11.4. The molecular weight excluding hydrogens is 290 g/mol. The maximum Gasteiger partial charge on any atom is 0.0883 e. The molecule has 23 heavy (non-hydrogen) atoms. The molecule has 1 saturated carbocycles. The van der Waals surface area contributed by atoms with Crippen molar-refractivity contribution in [2.75, 3.05) is 33.0 Å². The van der Waals surface area contributed by atoms with Crippen molar-refractivity contribution in [3.05, 3.63) is 18.0 Å². The van der Waals surface area contributed by atoms with E-state index in [4.69, 9.17) is 9.47 Å². The Morgan fingerprint density at radius 1 is 1.13 bits per heavy atom. The summed E-state index contributed by atoms with van der Waals surface area (Å²) >= 11 is 0. The van der Waals surface area contributed by atoms with Crippen LogP contribution in [0.1, 0.15) is 50.3 Å². The lowest BCUT2D eigenvalue weighted by molar-refractivity contribution is 0.000621. The predicted molar refractivity (Wildman–Crippen MR) is 88.3 cm³/mol. The Hall–Kier alpha value is -0.910. The van der Waals surface area contributed by atoms with Gasteiger partial charge in [0.25, 0.3) is 0 Å². The SMILES string of the molecule is c1cc2n(n1)C(COCC1CCOCC1)CN(C1CCCC1)C2. The van der Waals surface area contributed by atoms with Crippen LogP contribution in [0.3, 0.4) is 0 Å². The fourth-order valence-corrected chi connectivity index (χ4v) is 4.37. The topological polar surface area (TPSA) is 39.5 Å². The minimum absolute atomic E-state index is 0.370. The number of hydrogen-bond donors (Lipinski definition) is 0. The average molecular weight is 319 g/mol. The molecule has 1 atom stereocenters. The predicted octanol–water partition coefficient (Wildman–Crippen LogP) is 2.63. The quantitative estimate of drug-likeness (QED) is 0.836. The van der Waals surface area contributed by atoms with E-state index in [1.54, 1.807) is 0 Å². The van der Waals surface area contributed by atoms with Crippen molar-refractivity contribution < 1.29 is 9.47 Å². The standard InChI is InChI=1S/C18H29N3O2/c1-2-4-16(3-1)20-11-17-5-8-19-21(17)18(12-20)14-23-13-15-6-9-22-10-7-15/h5,8,15-16,18H,1-4,6-7,9-14H2. The maximum atomic E-state index is 6.11. The van der Waals surface area contributed by atoms with Gasteiger partial charge in [-0.2, -0.15) is 5.10 Å². The number of ether oxygens (including phenoxy) is 2. The minimum atomic E-state index is 0.370. The van der Waals surface area contributed by atoms with Crippen molar-refractivity contribution in [3.63, 3.8) is 0 Å². The number of aromatic nitrogens is 2. The Balaban J connectivity index is 1.34. The van der Waals surface area contributed by atoms with E-state index in [0.29, 0.717) is 12.0 Å². The van der Waals surface area contributed by atoms with Gasteiger partial charge in [-0.3, -0.25) is 9.58 Å². The van der Waals surface area contributed by atoms with Gasteiger partial charge in [0, 0.05) is 45.1 Å². The van der Waals surface area contributed by atoms with Crippen molar-refractivity contribution in [1.82, 2.24) is 14.7 Å². The molecule has 1 aliphatic carbocycles. The van der Waals surface area contributed by atoms with E-state index >= 15 is 0 Å². The second-order valence-electron chi connectivity index (χ2n) is 7.38. The third-order valence-corrected chi connectivity index (χ3v) is 5.75. The van der Waals surface area contributed by atoms with Crippen LogP contribution >= 0.6 is 0 Å². The van der Waals surface area contributed by atoms with Crippen molar-refractivity contribution in [2.45, 2.75) is 57.2 Å². The van der Waals surface area contributed by atoms with Crippen LogP contribution in [0.4, 0.5) is 0 Å². The van der Waals surface area contributed by atoms with E-state index in [1.807, 2.05) is 6.20 Å². The van der Waals surface area contributed by atoms with Gasteiger partial charge in [0.15, 0.2) is 0 Å². The normalized spacial score (nSPS) is 27.4. The molecule has 0 amide bonds. The minimum Gasteiger partial charge on any atom is -0.381 e. The molecule has 1 aromatic rings. The third-order valence-electron chi connectivity index (χ3n) is 5.75. The molecule has 0 radical (unpaired) electrons. The smallest absolute Gasteiger partial charge is 0.0883 e. The zero-order valence-corrected chi connectivity index (χ0v) is 14.0. The average Bonchev–Trinajstić information content (AvgIpc) is 3.27. The van der Waals surface area contributed by atoms with Gasteiger partial charge < -0.3 is 9.47 Å². The zero-order valence-electron chi connectivity index (χ0n) is 14.0. The van der Waals surface area contributed by atoms with Crippen LogP contribution in [-0.4, -0.2) is 53.7 Å². The molecule has 3 aliphatic rings. The number of hydrogen-bond acceptors (Lipinski definition) is 4. The molecule has 1 saturated heterocycles. The number of rotatable bonds is 5. The summed E-state index contributed by atoms with van der Waals surface area (Å²) in [5.74, 6) is 0.676. The van der Waals surface area contributed by atoms with E-state index in [1.165, 1.54) is 31.4 Å². The molecular formula is C18H29N3O2. The summed E-state index contributed by atoms with van der Waals surface area (Å²) in [4.78, 5) is 2.67. The van der Waals surface area contributed by atoms with Gasteiger partial charge in [0.05, 0.1) is 18.3 Å². The van der Waals surface area contributed by atoms with Crippen LogP contribution in [0.2, 0.25) is 0 Å². The molecule has 0 spiro atoms. The highest BCUT2D eigenvalue weighted by atomic mass is 16.5.